The molecule has 2 aromatic carbocycles. The molecule has 0 fully saturated rings. The number of halogens is 1. The predicted molar refractivity (Wildman–Crippen MR) is 176 cm³/mol. The number of ether oxygens (including phenoxy) is 4. The van der Waals surface area contributed by atoms with Crippen LogP contribution in [0.5, 0.6) is 0 Å². The van der Waals surface area contributed by atoms with Crippen molar-refractivity contribution < 1.29 is 47.3 Å². The van der Waals surface area contributed by atoms with Gasteiger partial charge in [0.05, 0.1) is 13.7 Å². The van der Waals surface area contributed by atoms with Crippen LogP contribution in [0, 0.1) is 0 Å². The van der Waals surface area contributed by atoms with E-state index in [1.165, 1.54) is 14.0 Å². The number of amides is 4. The summed E-state index contributed by atoms with van der Waals surface area (Å²) < 4.78 is 36.2. The third-order valence-corrected chi connectivity index (χ3v) is 6.68. The van der Waals surface area contributed by atoms with Crippen molar-refractivity contribution in [3.8, 4) is 0 Å². The molecule has 0 aliphatic heterocycles. The molecule has 264 valence electrons. The summed E-state index contributed by atoms with van der Waals surface area (Å²) in [7, 11) is 1.18. The van der Waals surface area contributed by atoms with Gasteiger partial charge in [0.2, 0.25) is 5.91 Å². The Balaban J connectivity index is 2.31. The molecule has 0 saturated carbocycles. The van der Waals surface area contributed by atoms with Gasteiger partial charge in [-0.2, -0.15) is 4.90 Å². The van der Waals surface area contributed by atoms with E-state index in [9.17, 15) is 24.0 Å². The number of alkyl carbamates (subject to hydrolysis) is 1. The second-order valence-corrected chi connectivity index (χ2v) is 12.9. The SMILES string of the molecule is CCOC(=O)[C@H](CC(F)CCNC(=O)[C@@H](NC(=O)OC)C(c1ccccc1)c1ccccc1)N(C(=O)OC(C)(C)C)C(=O)OC(C)(C)C. The molecule has 0 saturated heterocycles. The molecule has 0 aliphatic carbocycles. The van der Waals surface area contributed by atoms with E-state index in [4.69, 9.17) is 18.9 Å². The van der Waals surface area contributed by atoms with Gasteiger partial charge < -0.3 is 29.6 Å². The maximum Gasteiger partial charge on any atom is 0.420 e. The van der Waals surface area contributed by atoms with Crippen LogP contribution in [-0.4, -0.2) is 84.8 Å². The molecular weight excluding hydrogens is 625 g/mol. The Morgan fingerprint density at radius 2 is 1.29 bits per heavy atom. The van der Waals surface area contributed by atoms with Crippen LogP contribution in [0.3, 0.4) is 0 Å². The summed E-state index contributed by atoms with van der Waals surface area (Å²) in [6.07, 6.45) is -6.03. The van der Waals surface area contributed by atoms with Crippen LogP contribution in [0.4, 0.5) is 18.8 Å². The number of alkyl halides is 1. The first-order valence-corrected chi connectivity index (χ1v) is 15.7. The molecule has 2 aromatic rings. The fraction of sp³-hybridized carbons (Fsp3) is 0.514. The zero-order chi connectivity index (χ0) is 36.1. The first-order chi connectivity index (χ1) is 22.5. The zero-order valence-electron chi connectivity index (χ0n) is 28.9. The molecule has 1 unspecified atom stereocenters. The summed E-state index contributed by atoms with van der Waals surface area (Å²) in [5, 5.41) is 5.27. The normalized spacial score (nSPS) is 13.4. The van der Waals surface area contributed by atoms with Gasteiger partial charge >= 0.3 is 24.2 Å². The highest BCUT2D eigenvalue weighted by Crippen LogP contribution is 2.29. The van der Waals surface area contributed by atoms with Gasteiger partial charge in [0.15, 0.2) is 0 Å². The highest BCUT2D eigenvalue weighted by atomic mass is 19.1. The Kier molecular flexibility index (Phi) is 14.8. The summed E-state index contributed by atoms with van der Waals surface area (Å²) >= 11 is 0. The summed E-state index contributed by atoms with van der Waals surface area (Å²) in [6.45, 7) is 10.6. The van der Waals surface area contributed by atoms with Gasteiger partial charge in [-0.25, -0.2) is 23.6 Å². The Labute approximate surface area is 281 Å². The fourth-order valence-electron chi connectivity index (χ4n) is 4.70. The average Bonchev–Trinajstić information content (AvgIpc) is 2.99. The van der Waals surface area contributed by atoms with E-state index >= 15 is 4.39 Å². The number of rotatable bonds is 13. The number of carbonyl (C=O) groups excluding carboxylic acids is 5. The van der Waals surface area contributed by atoms with E-state index in [-0.39, 0.29) is 19.6 Å². The van der Waals surface area contributed by atoms with Crippen LogP contribution in [0.1, 0.15) is 78.4 Å². The molecule has 0 heterocycles. The maximum atomic E-state index is 15.6. The van der Waals surface area contributed by atoms with Crippen LogP contribution in [0.15, 0.2) is 60.7 Å². The lowest BCUT2D eigenvalue weighted by molar-refractivity contribution is -0.150. The molecule has 3 atom stereocenters. The summed E-state index contributed by atoms with van der Waals surface area (Å²) in [4.78, 5) is 65.8. The van der Waals surface area contributed by atoms with Crippen molar-refractivity contribution in [2.24, 2.45) is 0 Å². The van der Waals surface area contributed by atoms with Gasteiger partial charge in [-0.15, -0.1) is 0 Å². The number of esters is 1. The number of hydrogen-bond acceptors (Lipinski definition) is 9. The van der Waals surface area contributed by atoms with E-state index in [0.29, 0.717) is 4.90 Å². The number of nitrogens with one attached hydrogen (secondary N) is 2. The van der Waals surface area contributed by atoms with Crippen LogP contribution in [-0.2, 0) is 28.5 Å². The second-order valence-electron chi connectivity index (χ2n) is 12.9. The van der Waals surface area contributed by atoms with E-state index in [0.717, 1.165) is 11.1 Å². The largest absolute Gasteiger partial charge is 0.464 e. The first kappa shape index (κ1) is 39.5. The molecular formula is C35H48FN3O9. The van der Waals surface area contributed by atoms with Gasteiger partial charge in [0, 0.05) is 18.9 Å². The molecule has 0 radical (unpaired) electrons. The Morgan fingerprint density at radius 1 is 0.812 bits per heavy atom. The molecule has 48 heavy (non-hydrogen) atoms. The van der Waals surface area contributed by atoms with Crippen molar-refractivity contribution in [1.29, 1.82) is 0 Å². The van der Waals surface area contributed by atoms with Crippen LogP contribution in [0.25, 0.3) is 0 Å². The van der Waals surface area contributed by atoms with Crippen molar-refractivity contribution in [3.63, 3.8) is 0 Å². The van der Waals surface area contributed by atoms with Gasteiger partial charge in [-0.05, 0) is 66.0 Å². The third kappa shape index (κ3) is 12.8. The predicted octanol–water partition coefficient (Wildman–Crippen LogP) is 5.88. The molecule has 0 aromatic heterocycles. The summed E-state index contributed by atoms with van der Waals surface area (Å²) in [5.74, 6) is -2.27. The van der Waals surface area contributed by atoms with Crippen LogP contribution >= 0.6 is 0 Å². The van der Waals surface area contributed by atoms with Gasteiger partial charge in [0.1, 0.15) is 29.5 Å². The number of hydrogen-bond donors (Lipinski definition) is 2. The quantitative estimate of drug-likeness (QED) is 0.196. The lowest BCUT2D eigenvalue weighted by Gasteiger charge is -2.32. The van der Waals surface area contributed by atoms with Crippen molar-refractivity contribution in [3.05, 3.63) is 71.8 Å². The minimum atomic E-state index is -1.81. The monoisotopic (exact) mass is 673 g/mol. The van der Waals surface area contributed by atoms with Gasteiger partial charge in [0.25, 0.3) is 0 Å². The van der Waals surface area contributed by atoms with Gasteiger partial charge in [-0.3, -0.25) is 4.79 Å². The number of benzene rings is 2. The Bertz CT molecular complexity index is 1290. The topological polar surface area (TPSA) is 150 Å². The van der Waals surface area contributed by atoms with E-state index in [2.05, 4.69) is 10.6 Å². The molecule has 12 nitrogen and oxygen atoms in total. The Hall–Kier alpha value is -4.68. The van der Waals surface area contributed by atoms with Crippen molar-refractivity contribution >= 4 is 30.2 Å². The molecule has 4 amide bonds. The molecule has 0 bridgehead atoms. The smallest absolute Gasteiger partial charge is 0.420 e. The number of methoxy groups -OCH3 is 1. The number of imide groups is 1. The second kappa shape index (κ2) is 18.0. The lowest BCUT2D eigenvalue weighted by atomic mass is 9.84. The third-order valence-electron chi connectivity index (χ3n) is 6.68. The van der Waals surface area contributed by atoms with Crippen molar-refractivity contribution in [2.75, 3.05) is 20.3 Å². The summed E-state index contributed by atoms with van der Waals surface area (Å²) in [5.41, 5.74) is -0.625. The number of carbonyl (C=O) groups is 5. The zero-order valence-corrected chi connectivity index (χ0v) is 28.9. The molecule has 2 N–H and O–H groups in total. The standard InChI is InChI=1S/C35H48FN3O9/c1-9-46-30(41)26(39(32(43)47-34(2,3)4)33(44)48-35(5,6)7)22-25(36)20-21-37-29(40)28(38-31(42)45-8)27(23-16-12-10-13-17-23)24-18-14-11-15-19-24/h10-19,25-28H,9,20-22H2,1-8H3,(H,37,40)(H,38,42)/t25?,26-,28-/m0/s1. The lowest BCUT2D eigenvalue weighted by Crippen LogP contribution is -2.53. The van der Waals surface area contributed by atoms with E-state index < -0.39 is 72.0 Å². The van der Waals surface area contributed by atoms with E-state index in [1.807, 2.05) is 60.7 Å². The van der Waals surface area contributed by atoms with Gasteiger partial charge in [-0.1, -0.05) is 60.7 Å². The van der Waals surface area contributed by atoms with E-state index in [1.54, 1.807) is 41.5 Å². The highest BCUT2D eigenvalue weighted by Gasteiger charge is 2.42. The van der Waals surface area contributed by atoms with Crippen LogP contribution in [0.2, 0.25) is 0 Å². The minimum Gasteiger partial charge on any atom is -0.464 e. The summed E-state index contributed by atoms with van der Waals surface area (Å²) in [6, 6.07) is 15.3. The molecule has 0 spiro atoms. The fourth-order valence-corrected chi connectivity index (χ4v) is 4.70. The Morgan fingerprint density at radius 3 is 1.71 bits per heavy atom. The first-order valence-electron chi connectivity index (χ1n) is 15.7. The number of nitrogens with zero attached hydrogens (tertiary/aromatic N) is 1. The van der Waals surface area contributed by atoms with Crippen molar-refractivity contribution in [2.45, 2.75) is 96.7 Å². The maximum absolute atomic E-state index is 15.6. The molecule has 0 aliphatic rings. The minimum absolute atomic E-state index is 0.0998. The van der Waals surface area contributed by atoms with Crippen molar-refractivity contribution in [1.82, 2.24) is 15.5 Å². The molecule has 13 heteroatoms. The highest BCUT2D eigenvalue weighted by molar-refractivity contribution is 5.94. The molecule has 2 rings (SSSR count). The van der Waals surface area contributed by atoms with Crippen LogP contribution < -0.4 is 10.6 Å². The average molecular weight is 674 g/mol.